The van der Waals surface area contributed by atoms with Crippen LogP contribution in [0.4, 0.5) is 0 Å². The predicted molar refractivity (Wildman–Crippen MR) is 50.7 cm³/mol. The minimum atomic E-state index is 0.141. The number of aromatic amines is 1. The minimum Gasteiger partial charge on any atom is -0.504 e. The molecule has 0 fully saturated rings. The lowest BCUT2D eigenvalue weighted by molar-refractivity contribution is 0.477. The van der Waals surface area contributed by atoms with E-state index in [1.54, 1.807) is 12.1 Å². The molecule has 66 valence electrons. The van der Waals surface area contributed by atoms with Crippen molar-refractivity contribution in [1.82, 2.24) is 10.2 Å². The summed E-state index contributed by atoms with van der Waals surface area (Å²) in [6.45, 7) is 0. The van der Waals surface area contributed by atoms with Crippen molar-refractivity contribution >= 4 is 11.6 Å². The fourth-order valence-corrected chi connectivity index (χ4v) is 1.23. The van der Waals surface area contributed by atoms with E-state index in [2.05, 4.69) is 10.2 Å². The number of nitrogens with zero attached hydrogens (tertiary/aromatic N) is 1. The molecule has 0 aliphatic rings. The number of benzene rings is 1. The van der Waals surface area contributed by atoms with Crippen molar-refractivity contribution in [1.29, 1.82) is 0 Å². The topological polar surface area (TPSA) is 48.9 Å². The molecule has 0 bridgehead atoms. The average molecular weight is 195 g/mol. The summed E-state index contributed by atoms with van der Waals surface area (Å²) in [5.41, 5.74) is 1.47. The van der Waals surface area contributed by atoms with Crippen LogP contribution < -0.4 is 0 Å². The van der Waals surface area contributed by atoms with Gasteiger partial charge in [-0.3, -0.25) is 5.10 Å². The molecule has 2 N–H and O–H groups in total. The third-order valence-electron chi connectivity index (χ3n) is 1.75. The van der Waals surface area contributed by atoms with E-state index in [0.29, 0.717) is 10.7 Å². The van der Waals surface area contributed by atoms with Crippen LogP contribution in [0.3, 0.4) is 0 Å². The molecule has 2 aromatic rings. The van der Waals surface area contributed by atoms with Crippen LogP contribution in [0.5, 0.6) is 5.75 Å². The molecule has 0 unspecified atom stereocenters. The van der Waals surface area contributed by atoms with Gasteiger partial charge < -0.3 is 5.11 Å². The molecule has 1 aromatic heterocycles. The first-order chi connectivity index (χ1) is 6.27. The van der Waals surface area contributed by atoms with E-state index in [4.69, 9.17) is 11.6 Å². The van der Waals surface area contributed by atoms with Gasteiger partial charge in [0.1, 0.15) is 5.69 Å². The molecule has 0 spiro atoms. The van der Waals surface area contributed by atoms with Gasteiger partial charge in [-0.25, -0.2) is 0 Å². The zero-order valence-electron chi connectivity index (χ0n) is 6.66. The molecule has 1 aromatic carbocycles. The SMILES string of the molecule is Oc1cn[nH]c1-c1ccc(Cl)cc1. The Labute approximate surface area is 80.0 Å². The van der Waals surface area contributed by atoms with Crippen molar-refractivity contribution in [3.05, 3.63) is 35.5 Å². The molecule has 0 radical (unpaired) electrons. The number of hydrogen-bond acceptors (Lipinski definition) is 2. The number of aromatic hydroxyl groups is 1. The Kier molecular flexibility index (Phi) is 1.94. The predicted octanol–water partition coefficient (Wildman–Crippen LogP) is 2.44. The minimum absolute atomic E-state index is 0.141. The normalized spacial score (nSPS) is 10.2. The highest BCUT2D eigenvalue weighted by Crippen LogP contribution is 2.26. The van der Waals surface area contributed by atoms with E-state index in [1.807, 2.05) is 12.1 Å². The number of nitrogens with one attached hydrogen (secondary N) is 1. The Morgan fingerprint density at radius 1 is 1.23 bits per heavy atom. The lowest BCUT2D eigenvalue weighted by Gasteiger charge is -1.97. The Morgan fingerprint density at radius 2 is 1.92 bits per heavy atom. The molecule has 3 nitrogen and oxygen atoms in total. The molecule has 0 amide bonds. The quantitative estimate of drug-likeness (QED) is 0.733. The van der Waals surface area contributed by atoms with Gasteiger partial charge in [0, 0.05) is 10.6 Å². The van der Waals surface area contributed by atoms with Crippen LogP contribution in [0.2, 0.25) is 5.02 Å². The highest BCUT2D eigenvalue weighted by atomic mass is 35.5. The van der Waals surface area contributed by atoms with Crippen molar-refractivity contribution in [3.63, 3.8) is 0 Å². The van der Waals surface area contributed by atoms with Gasteiger partial charge in [0.25, 0.3) is 0 Å². The second-order valence-corrected chi connectivity index (χ2v) is 3.07. The molecule has 0 saturated carbocycles. The summed E-state index contributed by atoms with van der Waals surface area (Å²) in [4.78, 5) is 0. The maximum atomic E-state index is 9.35. The number of rotatable bonds is 1. The summed E-state index contributed by atoms with van der Waals surface area (Å²) in [5.74, 6) is 0.141. The highest BCUT2D eigenvalue weighted by molar-refractivity contribution is 6.30. The second-order valence-electron chi connectivity index (χ2n) is 2.64. The first-order valence-corrected chi connectivity index (χ1v) is 4.13. The highest BCUT2D eigenvalue weighted by Gasteiger charge is 2.04. The van der Waals surface area contributed by atoms with Gasteiger partial charge in [0.2, 0.25) is 0 Å². The van der Waals surface area contributed by atoms with Crippen LogP contribution >= 0.6 is 11.6 Å². The summed E-state index contributed by atoms with van der Waals surface area (Å²) >= 11 is 5.72. The van der Waals surface area contributed by atoms with Crippen molar-refractivity contribution in [2.45, 2.75) is 0 Å². The Morgan fingerprint density at radius 3 is 2.46 bits per heavy atom. The average Bonchev–Trinajstić information content (AvgIpc) is 2.53. The van der Waals surface area contributed by atoms with Gasteiger partial charge in [0.05, 0.1) is 6.20 Å². The van der Waals surface area contributed by atoms with Crippen molar-refractivity contribution in [2.24, 2.45) is 0 Å². The fourth-order valence-electron chi connectivity index (χ4n) is 1.11. The molecule has 13 heavy (non-hydrogen) atoms. The lowest BCUT2D eigenvalue weighted by atomic mass is 10.1. The first kappa shape index (κ1) is 8.13. The van der Waals surface area contributed by atoms with E-state index < -0.39 is 0 Å². The maximum absolute atomic E-state index is 9.35. The number of H-pyrrole nitrogens is 1. The maximum Gasteiger partial charge on any atom is 0.161 e. The summed E-state index contributed by atoms with van der Waals surface area (Å²) in [5, 5.41) is 16.4. The van der Waals surface area contributed by atoms with E-state index in [1.165, 1.54) is 6.20 Å². The number of halogens is 1. The van der Waals surface area contributed by atoms with Crippen LogP contribution in [0, 0.1) is 0 Å². The molecule has 4 heteroatoms. The van der Waals surface area contributed by atoms with Gasteiger partial charge in [-0.2, -0.15) is 5.10 Å². The van der Waals surface area contributed by atoms with Gasteiger partial charge in [-0.1, -0.05) is 23.7 Å². The lowest BCUT2D eigenvalue weighted by Crippen LogP contribution is -1.77. The largest absolute Gasteiger partial charge is 0.504 e. The summed E-state index contributed by atoms with van der Waals surface area (Å²) in [6.07, 6.45) is 1.37. The van der Waals surface area contributed by atoms with E-state index in [0.717, 1.165) is 5.56 Å². The van der Waals surface area contributed by atoms with Crippen LogP contribution in [-0.2, 0) is 0 Å². The van der Waals surface area contributed by atoms with E-state index in [-0.39, 0.29) is 5.75 Å². The zero-order valence-corrected chi connectivity index (χ0v) is 7.42. The van der Waals surface area contributed by atoms with E-state index in [9.17, 15) is 5.11 Å². The molecule has 0 aliphatic heterocycles. The summed E-state index contributed by atoms with van der Waals surface area (Å²) < 4.78 is 0. The van der Waals surface area contributed by atoms with Crippen molar-refractivity contribution in [3.8, 4) is 17.0 Å². The molecule has 0 atom stereocenters. The Hall–Kier alpha value is -1.48. The molecule has 1 heterocycles. The molecule has 0 saturated heterocycles. The van der Waals surface area contributed by atoms with Crippen molar-refractivity contribution < 1.29 is 5.11 Å². The molecular formula is C9H7ClN2O. The monoisotopic (exact) mass is 194 g/mol. The standard InChI is InChI=1S/C9H7ClN2O/c10-7-3-1-6(2-4-7)9-8(13)5-11-12-9/h1-5,13H,(H,11,12). The Bertz CT molecular complexity index is 408. The molecule has 0 aliphatic carbocycles. The van der Waals surface area contributed by atoms with Gasteiger partial charge in [0.15, 0.2) is 5.75 Å². The van der Waals surface area contributed by atoms with Gasteiger partial charge in [-0.15, -0.1) is 0 Å². The van der Waals surface area contributed by atoms with Gasteiger partial charge >= 0.3 is 0 Å². The molecule has 2 rings (SSSR count). The first-order valence-electron chi connectivity index (χ1n) is 3.75. The third kappa shape index (κ3) is 1.51. The number of hydrogen-bond donors (Lipinski definition) is 2. The zero-order chi connectivity index (χ0) is 9.26. The van der Waals surface area contributed by atoms with Crippen molar-refractivity contribution in [2.75, 3.05) is 0 Å². The van der Waals surface area contributed by atoms with Gasteiger partial charge in [-0.05, 0) is 12.1 Å². The molecular weight excluding hydrogens is 188 g/mol. The third-order valence-corrected chi connectivity index (χ3v) is 2.00. The fraction of sp³-hybridized carbons (Fsp3) is 0. The van der Waals surface area contributed by atoms with E-state index >= 15 is 0 Å². The van der Waals surface area contributed by atoms with Crippen LogP contribution in [-0.4, -0.2) is 15.3 Å². The summed E-state index contributed by atoms with van der Waals surface area (Å²) in [7, 11) is 0. The van der Waals surface area contributed by atoms with Crippen LogP contribution in [0.25, 0.3) is 11.3 Å². The Balaban J connectivity index is 2.47. The van der Waals surface area contributed by atoms with Crippen LogP contribution in [0.15, 0.2) is 30.5 Å². The summed E-state index contributed by atoms with van der Waals surface area (Å²) in [6, 6.07) is 7.15. The number of aromatic nitrogens is 2. The second kappa shape index (κ2) is 3.11. The van der Waals surface area contributed by atoms with Crippen LogP contribution in [0.1, 0.15) is 0 Å². The smallest absolute Gasteiger partial charge is 0.161 e.